The minimum atomic E-state index is 0.649. The molecule has 7 heavy (non-hydrogen) atoms. The molecule has 0 aliphatic heterocycles. The van der Waals surface area contributed by atoms with Gasteiger partial charge < -0.3 is 4.42 Å². The molecule has 0 aliphatic rings. The molecule has 0 bridgehead atoms. The second-order valence-electron chi connectivity index (χ2n) is 1.14. The van der Waals surface area contributed by atoms with Crippen molar-refractivity contribution in [3.63, 3.8) is 0 Å². The predicted octanol–water partition coefficient (Wildman–Crippen LogP) is 1.10. The highest BCUT2D eigenvalue weighted by Gasteiger charge is 1.86. The second-order valence-corrected chi connectivity index (χ2v) is 1.45. The average molecular weight is 115 g/mol. The third kappa shape index (κ3) is 0.962. The van der Waals surface area contributed by atoms with E-state index in [4.69, 9.17) is 0 Å². The molecule has 1 heterocycles. The van der Waals surface area contributed by atoms with E-state index in [2.05, 4.69) is 22.0 Å². The Labute approximate surface area is 47.0 Å². The van der Waals surface area contributed by atoms with Gasteiger partial charge in [0.05, 0.1) is 5.69 Å². The number of rotatable bonds is 1. The number of thiol groups is 1. The lowest BCUT2D eigenvalue weighted by Crippen LogP contribution is -1.70. The summed E-state index contributed by atoms with van der Waals surface area (Å²) in [6.45, 7) is 0. The Balaban J connectivity index is 2.76. The van der Waals surface area contributed by atoms with Crippen LogP contribution in [0.2, 0.25) is 0 Å². The van der Waals surface area contributed by atoms with Gasteiger partial charge in [-0.15, -0.1) is 0 Å². The number of aromatic nitrogens is 1. The van der Waals surface area contributed by atoms with Gasteiger partial charge in [-0.25, -0.2) is 4.98 Å². The first-order chi connectivity index (χ1) is 3.43. The van der Waals surface area contributed by atoms with Crippen molar-refractivity contribution >= 4 is 12.6 Å². The molecule has 0 saturated carbocycles. The van der Waals surface area contributed by atoms with Gasteiger partial charge in [0.1, 0.15) is 6.26 Å². The van der Waals surface area contributed by atoms with Gasteiger partial charge in [-0.2, -0.15) is 12.6 Å². The molecule has 0 atom stereocenters. The summed E-state index contributed by atoms with van der Waals surface area (Å²) >= 11 is 3.95. The first-order valence-corrected chi connectivity index (χ1v) is 2.54. The third-order valence-electron chi connectivity index (χ3n) is 0.645. The first-order valence-electron chi connectivity index (χ1n) is 1.91. The van der Waals surface area contributed by atoms with Gasteiger partial charge in [-0.3, -0.25) is 0 Å². The molecule has 38 valence electrons. The fourth-order valence-corrected chi connectivity index (χ4v) is 0.472. The standard InChI is InChI=1S/C4H5NOS/c7-2-4-1-6-3-5-4/h1,3,7H,2H2. The van der Waals surface area contributed by atoms with Gasteiger partial charge in [0.25, 0.3) is 0 Å². The van der Waals surface area contributed by atoms with Gasteiger partial charge in [-0.05, 0) is 0 Å². The van der Waals surface area contributed by atoms with Gasteiger partial charge in [0.2, 0.25) is 0 Å². The smallest absolute Gasteiger partial charge is 0.180 e. The number of hydrogen-bond donors (Lipinski definition) is 1. The van der Waals surface area contributed by atoms with Crippen LogP contribution >= 0.6 is 12.6 Å². The van der Waals surface area contributed by atoms with Gasteiger partial charge in [-0.1, -0.05) is 0 Å². The topological polar surface area (TPSA) is 26.0 Å². The van der Waals surface area contributed by atoms with Crippen molar-refractivity contribution in [3.05, 3.63) is 18.4 Å². The molecule has 1 rings (SSSR count). The fourth-order valence-electron chi connectivity index (χ4n) is 0.316. The Morgan fingerprint density at radius 1 is 1.86 bits per heavy atom. The molecular formula is C4H5NOS. The molecule has 0 aliphatic carbocycles. The van der Waals surface area contributed by atoms with E-state index in [1.165, 1.54) is 6.39 Å². The summed E-state index contributed by atoms with van der Waals surface area (Å²) in [4.78, 5) is 3.79. The third-order valence-corrected chi connectivity index (χ3v) is 0.969. The van der Waals surface area contributed by atoms with Crippen molar-refractivity contribution in [1.82, 2.24) is 4.98 Å². The van der Waals surface area contributed by atoms with Crippen LogP contribution in [0, 0.1) is 0 Å². The highest BCUT2D eigenvalue weighted by molar-refractivity contribution is 7.79. The van der Waals surface area contributed by atoms with E-state index in [1.54, 1.807) is 6.26 Å². The molecule has 0 radical (unpaired) electrons. The second kappa shape index (κ2) is 2.02. The Bertz CT molecular complexity index is 126. The maximum Gasteiger partial charge on any atom is 0.180 e. The highest BCUT2D eigenvalue weighted by atomic mass is 32.1. The van der Waals surface area contributed by atoms with Gasteiger partial charge in [0, 0.05) is 5.75 Å². The van der Waals surface area contributed by atoms with Gasteiger partial charge >= 0.3 is 0 Å². The lowest BCUT2D eigenvalue weighted by atomic mass is 10.6. The van der Waals surface area contributed by atoms with Crippen LogP contribution in [0.15, 0.2) is 17.1 Å². The molecule has 0 amide bonds. The zero-order chi connectivity index (χ0) is 5.11. The van der Waals surface area contributed by atoms with Crippen LogP contribution in [0.25, 0.3) is 0 Å². The van der Waals surface area contributed by atoms with Crippen molar-refractivity contribution in [1.29, 1.82) is 0 Å². The SMILES string of the molecule is SCc1cocn1. The monoisotopic (exact) mass is 115 g/mol. The molecule has 0 fully saturated rings. The van der Waals surface area contributed by atoms with E-state index in [9.17, 15) is 0 Å². The largest absolute Gasteiger partial charge is 0.451 e. The minimum absolute atomic E-state index is 0.649. The normalized spacial score (nSPS) is 9.29. The number of nitrogens with zero attached hydrogens (tertiary/aromatic N) is 1. The van der Waals surface area contributed by atoms with Crippen molar-refractivity contribution in [2.45, 2.75) is 5.75 Å². The lowest BCUT2D eigenvalue weighted by molar-refractivity contribution is 0.557. The summed E-state index contributed by atoms with van der Waals surface area (Å²) in [6.07, 6.45) is 2.97. The van der Waals surface area contributed by atoms with Crippen LogP contribution in [0.4, 0.5) is 0 Å². The van der Waals surface area contributed by atoms with E-state index < -0.39 is 0 Å². The highest BCUT2D eigenvalue weighted by Crippen LogP contribution is 1.96. The van der Waals surface area contributed by atoms with E-state index in [1.807, 2.05) is 0 Å². The predicted molar refractivity (Wildman–Crippen MR) is 29.2 cm³/mol. The van der Waals surface area contributed by atoms with Crippen LogP contribution in [0.5, 0.6) is 0 Å². The zero-order valence-electron chi connectivity index (χ0n) is 3.66. The molecule has 0 saturated heterocycles. The fraction of sp³-hybridized carbons (Fsp3) is 0.250. The maximum absolute atomic E-state index is 4.65. The lowest BCUT2D eigenvalue weighted by Gasteiger charge is -1.74. The van der Waals surface area contributed by atoms with Crippen LogP contribution in [-0.4, -0.2) is 4.98 Å². The van der Waals surface area contributed by atoms with E-state index in [-0.39, 0.29) is 0 Å². The van der Waals surface area contributed by atoms with Gasteiger partial charge in [0.15, 0.2) is 6.39 Å². The molecule has 0 unspecified atom stereocenters. The molecule has 0 N–H and O–H groups in total. The Kier molecular flexibility index (Phi) is 1.36. The molecule has 0 spiro atoms. The molecule has 3 heteroatoms. The van der Waals surface area contributed by atoms with E-state index in [0.717, 1.165) is 5.69 Å². The number of oxazole rings is 1. The Morgan fingerprint density at radius 3 is 3.00 bits per heavy atom. The van der Waals surface area contributed by atoms with Crippen LogP contribution in [0.3, 0.4) is 0 Å². The summed E-state index contributed by atoms with van der Waals surface area (Å²) in [7, 11) is 0. The average Bonchev–Trinajstić information content (AvgIpc) is 2.14. The summed E-state index contributed by atoms with van der Waals surface area (Å²) in [5, 5.41) is 0. The Morgan fingerprint density at radius 2 is 2.71 bits per heavy atom. The first kappa shape index (κ1) is 4.71. The summed E-state index contributed by atoms with van der Waals surface area (Å²) in [6, 6.07) is 0. The molecular weight excluding hydrogens is 110 g/mol. The quantitative estimate of drug-likeness (QED) is 0.555. The Hall–Kier alpha value is -0.440. The molecule has 2 nitrogen and oxygen atoms in total. The maximum atomic E-state index is 4.65. The van der Waals surface area contributed by atoms with E-state index >= 15 is 0 Å². The molecule has 0 aromatic carbocycles. The molecule has 1 aromatic heterocycles. The summed E-state index contributed by atoms with van der Waals surface area (Å²) in [5.74, 6) is 0.649. The van der Waals surface area contributed by atoms with E-state index in [0.29, 0.717) is 5.75 Å². The minimum Gasteiger partial charge on any atom is -0.451 e. The van der Waals surface area contributed by atoms with Crippen LogP contribution in [-0.2, 0) is 5.75 Å². The van der Waals surface area contributed by atoms with Crippen molar-refractivity contribution in [2.75, 3.05) is 0 Å². The van der Waals surface area contributed by atoms with Crippen molar-refractivity contribution < 1.29 is 4.42 Å². The summed E-state index contributed by atoms with van der Waals surface area (Å²) < 4.78 is 4.65. The van der Waals surface area contributed by atoms with Crippen molar-refractivity contribution in [2.24, 2.45) is 0 Å². The number of hydrogen-bond acceptors (Lipinski definition) is 3. The van der Waals surface area contributed by atoms with Crippen LogP contribution < -0.4 is 0 Å². The zero-order valence-corrected chi connectivity index (χ0v) is 4.56. The van der Waals surface area contributed by atoms with Crippen LogP contribution in [0.1, 0.15) is 5.69 Å². The van der Waals surface area contributed by atoms with Crippen molar-refractivity contribution in [3.8, 4) is 0 Å². The summed E-state index contributed by atoms with van der Waals surface area (Å²) in [5.41, 5.74) is 0.878. The molecule has 1 aromatic rings.